The largest absolute Gasteiger partial charge is 0.475 e. The molecule has 0 radical (unpaired) electrons. The van der Waals surface area contributed by atoms with Crippen LogP contribution in [0.1, 0.15) is 40.5 Å². The van der Waals surface area contributed by atoms with Gasteiger partial charge in [0.15, 0.2) is 0 Å². The minimum absolute atomic E-state index is 0.00731. The van der Waals surface area contributed by atoms with Crippen LogP contribution in [-0.4, -0.2) is 59.4 Å². The molecule has 25 heavy (non-hydrogen) atoms. The predicted molar refractivity (Wildman–Crippen MR) is 92.8 cm³/mol. The maximum Gasteiger partial charge on any atom is 0.255 e. The Balaban J connectivity index is 1.61. The Morgan fingerprint density at radius 1 is 1.40 bits per heavy atom. The molecule has 0 saturated carbocycles. The van der Waals surface area contributed by atoms with Crippen molar-refractivity contribution in [3.05, 3.63) is 41.3 Å². The van der Waals surface area contributed by atoms with Crippen LogP contribution < -0.4 is 4.74 Å². The van der Waals surface area contributed by atoms with Crippen molar-refractivity contribution in [3.8, 4) is 5.88 Å². The maximum absolute atomic E-state index is 12.8. The summed E-state index contributed by atoms with van der Waals surface area (Å²) in [6, 6.07) is 5.55. The third-order valence-electron chi connectivity index (χ3n) is 4.37. The lowest BCUT2D eigenvalue weighted by molar-refractivity contribution is 0.0705. The average Bonchev–Trinajstić information content (AvgIpc) is 3.08. The van der Waals surface area contributed by atoms with Crippen molar-refractivity contribution in [2.24, 2.45) is 0 Å². The number of amides is 1. The number of piperidine rings is 1. The van der Waals surface area contributed by atoms with Crippen LogP contribution >= 0.6 is 0 Å². The summed E-state index contributed by atoms with van der Waals surface area (Å²) in [6.07, 6.45) is 3.61. The zero-order chi connectivity index (χ0) is 17.6. The van der Waals surface area contributed by atoms with Gasteiger partial charge in [0, 0.05) is 44.1 Å². The van der Waals surface area contributed by atoms with Crippen LogP contribution in [0.25, 0.3) is 0 Å². The fourth-order valence-corrected chi connectivity index (χ4v) is 3.06. The van der Waals surface area contributed by atoms with E-state index in [2.05, 4.69) is 21.2 Å². The number of ether oxygens (including phenoxy) is 2. The first-order chi connectivity index (χ1) is 12.2. The summed E-state index contributed by atoms with van der Waals surface area (Å²) in [5.41, 5.74) is 2.67. The highest BCUT2D eigenvalue weighted by molar-refractivity contribution is 5.94. The molecule has 0 aliphatic carbocycles. The van der Waals surface area contributed by atoms with Crippen molar-refractivity contribution in [1.82, 2.24) is 20.1 Å². The number of rotatable bonds is 6. The highest BCUT2D eigenvalue weighted by Gasteiger charge is 2.27. The Hall–Kier alpha value is -2.41. The number of hydrogen-bond acceptors (Lipinski definition) is 5. The zero-order valence-electron chi connectivity index (χ0n) is 14.7. The molecule has 134 valence electrons. The Morgan fingerprint density at radius 3 is 2.96 bits per heavy atom. The van der Waals surface area contributed by atoms with Crippen molar-refractivity contribution in [3.63, 3.8) is 0 Å². The lowest BCUT2D eigenvalue weighted by atomic mass is 9.94. The highest BCUT2D eigenvalue weighted by Crippen LogP contribution is 2.27. The smallest absolute Gasteiger partial charge is 0.255 e. The molecule has 1 atom stereocenters. The second-order valence-corrected chi connectivity index (χ2v) is 6.29. The number of carbonyl (C=O) groups excluding carboxylic acids is 1. The number of carbonyl (C=O) groups is 1. The van der Waals surface area contributed by atoms with Crippen molar-refractivity contribution >= 4 is 5.91 Å². The molecule has 1 aliphatic heterocycles. The quantitative estimate of drug-likeness (QED) is 0.812. The molecule has 1 aliphatic rings. The van der Waals surface area contributed by atoms with Crippen LogP contribution in [-0.2, 0) is 4.74 Å². The van der Waals surface area contributed by atoms with Crippen LogP contribution in [0.5, 0.6) is 5.88 Å². The number of likely N-dealkylation sites (tertiary alicyclic amines) is 1. The number of aryl methyl sites for hydroxylation is 1. The molecule has 7 nitrogen and oxygen atoms in total. The SMILES string of the molecule is COCCOc1ccc(C(=O)N2CCCC(c3cc(C)[nH]n3)C2)cn1. The molecule has 1 saturated heterocycles. The molecule has 1 unspecified atom stereocenters. The van der Waals surface area contributed by atoms with E-state index in [-0.39, 0.29) is 11.8 Å². The number of nitrogens with zero attached hydrogens (tertiary/aromatic N) is 3. The number of methoxy groups -OCH3 is 1. The number of nitrogens with one attached hydrogen (secondary N) is 1. The number of pyridine rings is 1. The van der Waals surface area contributed by atoms with Crippen molar-refractivity contribution in [1.29, 1.82) is 0 Å². The van der Waals surface area contributed by atoms with E-state index in [4.69, 9.17) is 9.47 Å². The Kier molecular flexibility index (Phi) is 5.65. The minimum Gasteiger partial charge on any atom is -0.475 e. The Labute approximate surface area is 147 Å². The van der Waals surface area contributed by atoms with Crippen molar-refractivity contribution in [2.45, 2.75) is 25.7 Å². The van der Waals surface area contributed by atoms with Crippen LogP contribution in [0.3, 0.4) is 0 Å². The molecule has 0 spiro atoms. The van der Waals surface area contributed by atoms with Gasteiger partial charge in [-0.05, 0) is 31.9 Å². The summed E-state index contributed by atoms with van der Waals surface area (Å²) in [5.74, 6) is 0.789. The van der Waals surface area contributed by atoms with Gasteiger partial charge in [-0.25, -0.2) is 4.98 Å². The van der Waals surface area contributed by atoms with Crippen LogP contribution in [0.2, 0.25) is 0 Å². The lowest BCUT2D eigenvalue weighted by Crippen LogP contribution is -2.39. The molecule has 0 aromatic carbocycles. The number of H-pyrrole nitrogens is 1. The fourth-order valence-electron chi connectivity index (χ4n) is 3.06. The summed E-state index contributed by atoms with van der Waals surface area (Å²) in [5, 5.41) is 7.33. The van der Waals surface area contributed by atoms with Crippen molar-refractivity contribution in [2.75, 3.05) is 33.4 Å². The van der Waals surface area contributed by atoms with E-state index >= 15 is 0 Å². The van der Waals surface area contributed by atoms with E-state index < -0.39 is 0 Å². The average molecular weight is 344 g/mol. The fraction of sp³-hybridized carbons (Fsp3) is 0.500. The van der Waals surface area contributed by atoms with E-state index in [0.717, 1.165) is 30.8 Å². The third-order valence-corrected chi connectivity index (χ3v) is 4.37. The standard InChI is InChI=1S/C18H24N4O3/c1-13-10-16(21-20-13)15-4-3-7-22(12-15)18(23)14-5-6-17(19-11-14)25-9-8-24-2/h5-6,10-11,15H,3-4,7-9,12H2,1-2H3,(H,20,21). The molecule has 2 aromatic heterocycles. The minimum atomic E-state index is 0.00731. The van der Waals surface area contributed by atoms with Gasteiger partial charge in [-0.1, -0.05) is 0 Å². The summed E-state index contributed by atoms with van der Waals surface area (Å²) in [6.45, 7) is 4.39. The Bertz CT molecular complexity index is 699. The van der Waals surface area contributed by atoms with E-state index in [1.54, 1.807) is 25.4 Å². The van der Waals surface area contributed by atoms with E-state index in [1.807, 2.05) is 11.8 Å². The molecular weight excluding hydrogens is 320 g/mol. The van der Waals surface area contributed by atoms with E-state index in [1.165, 1.54) is 0 Å². The molecule has 3 rings (SSSR count). The molecule has 3 heterocycles. The van der Waals surface area contributed by atoms with Gasteiger partial charge >= 0.3 is 0 Å². The van der Waals surface area contributed by atoms with Gasteiger partial charge < -0.3 is 14.4 Å². The number of aromatic amines is 1. The van der Waals surface area contributed by atoms with Gasteiger partial charge in [0.25, 0.3) is 5.91 Å². The first-order valence-corrected chi connectivity index (χ1v) is 8.56. The zero-order valence-corrected chi connectivity index (χ0v) is 14.7. The first-order valence-electron chi connectivity index (χ1n) is 8.56. The van der Waals surface area contributed by atoms with Gasteiger partial charge in [0.05, 0.1) is 17.9 Å². The molecule has 7 heteroatoms. The van der Waals surface area contributed by atoms with Crippen LogP contribution in [0.15, 0.2) is 24.4 Å². The first kappa shape index (κ1) is 17.4. The monoisotopic (exact) mass is 344 g/mol. The van der Waals surface area contributed by atoms with Crippen LogP contribution in [0, 0.1) is 6.92 Å². The van der Waals surface area contributed by atoms with Gasteiger partial charge in [-0.2, -0.15) is 5.10 Å². The van der Waals surface area contributed by atoms with Gasteiger partial charge in [0.1, 0.15) is 6.61 Å². The lowest BCUT2D eigenvalue weighted by Gasteiger charge is -2.32. The maximum atomic E-state index is 12.8. The predicted octanol–water partition coefficient (Wildman–Crippen LogP) is 2.16. The summed E-state index contributed by atoms with van der Waals surface area (Å²) < 4.78 is 10.4. The molecule has 1 N–H and O–H groups in total. The second kappa shape index (κ2) is 8.11. The summed E-state index contributed by atoms with van der Waals surface area (Å²) >= 11 is 0. The number of hydrogen-bond donors (Lipinski definition) is 1. The van der Waals surface area contributed by atoms with Crippen LogP contribution in [0.4, 0.5) is 0 Å². The highest BCUT2D eigenvalue weighted by atomic mass is 16.5. The summed E-state index contributed by atoms with van der Waals surface area (Å²) in [4.78, 5) is 18.8. The number of aromatic nitrogens is 3. The topological polar surface area (TPSA) is 80.3 Å². The Morgan fingerprint density at radius 2 is 2.28 bits per heavy atom. The van der Waals surface area contributed by atoms with Gasteiger partial charge in [-0.15, -0.1) is 0 Å². The molecular formula is C18H24N4O3. The van der Waals surface area contributed by atoms with Gasteiger partial charge in [-0.3, -0.25) is 9.89 Å². The molecule has 1 amide bonds. The summed E-state index contributed by atoms with van der Waals surface area (Å²) in [7, 11) is 1.62. The molecule has 0 bridgehead atoms. The van der Waals surface area contributed by atoms with Gasteiger partial charge in [0.2, 0.25) is 5.88 Å². The molecule has 1 fully saturated rings. The second-order valence-electron chi connectivity index (χ2n) is 6.29. The van der Waals surface area contributed by atoms with E-state index in [0.29, 0.717) is 31.2 Å². The molecule has 2 aromatic rings. The van der Waals surface area contributed by atoms with Crippen molar-refractivity contribution < 1.29 is 14.3 Å². The van der Waals surface area contributed by atoms with E-state index in [9.17, 15) is 4.79 Å². The normalized spacial score (nSPS) is 17.5. The third kappa shape index (κ3) is 4.36.